The van der Waals surface area contributed by atoms with E-state index >= 15 is 0 Å². The summed E-state index contributed by atoms with van der Waals surface area (Å²) in [6.07, 6.45) is 1.95. The number of carbonyl (C=O) groups is 2. The first-order valence-corrected chi connectivity index (χ1v) is 8.27. The summed E-state index contributed by atoms with van der Waals surface area (Å²) in [5.74, 6) is -0.576. The first-order chi connectivity index (χ1) is 12.0. The van der Waals surface area contributed by atoms with E-state index in [0.29, 0.717) is 5.56 Å². The van der Waals surface area contributed by atoms with E-state index in [9.17, 15) is 9.59 Å². The predicted octanol–water partition coefficient (Wildman–Crippen LogP) is 4.06. The number of H-pyrrole nitrogens is 1. The third kappa shape index (κ3) is 3.63. The summed E-state index contributed by atoms with van der Waals surface area (Å²) < 4.78 is 5.20. The minimum absolute atomic E-state index is 0.142. The van der Waals surface area contributed by atoms with E-state index in [1.165, 1.54) is 0 Å². The molecule has 0 fully saturated rings. The van der Waals surface area contributed by atoms with Crippen LogP contribution < -0.4 is 0 Å². The molecule has 1 N–H and O–H groups in total. The van der Waals surface area contributed by atoms with Gasteiger partial charge in [0.05, 0.1) is 6.42 Å². The number of ketones is 1. The van der Waals surface area contributed by atoms with Crippen LogP contribution >= 0.6 is 0 Å². The molecule has 0 aliphatic heterocycles. The molecule has 1 aromatic heterocycles. The van der Waals surface area contributed by atoms with Crippen molar-refractivity contribution in [3.8, 4) is 0 Å². The number of ether oxygens (including phenoxy) is 1. The highest BCUT2D eigenvalue weighted by Crippen LogP contribution is 2.19. The second-order valence-electron chi connectivity index (χ2n) is 6.37. The van der Waals surface area contributed by atoms with Crippen LogP contribution in [0.5, 0.6) is 0 Å². The molecule has 0 saturated carbocycles. The van der Waals surface area contributed by atoms with Gasteiger partial charge in [-0.15, -0.1) is 0 Å². The lowest BCUT2D eigenvalue weighted by Crippen LogP contribution is -2.16. The van der Waals surface area contributed by atoms with Gasteiger partial charge in [0.15, 0.2) is 6.61 Å². The van der Waals surface area contributed by atoms with Gasteiger partial charge in [0.25, 0.3) is 0 Å². The van der Waals surface area contributed by atoms with E-state index in [0.717, 1.165) is 33.2 Å². The third-order valence-corrected chi connectivity index (χ3v) is 4.52. The second kappa shape index (κ2) is 6.93. The highest BCUT2D eigenvalue weighted by Gasteiger charge is 2.15. The number of hydrogen-bond acceptors (Lipinski definition) is 3. The van der Waals surface area contributed by atoms with Gasteiger partial charge in [0.2, 0.25) is 5.78 Å². The molecule has 4 heteroatoms. The molecule has 3 rings (SSSR count). The van der Waals surface area contributed by atoms with Crippen molar-refractivity contribution in [2.45, 2.75) is 27.2 Å². The fourth-order valence-electron chi connectivity index (χ4n) is 2.97. The van der Waals surface area contributed by atoms with Crippen molar-refractivity contribution in [3.63, 3.8) is 0 Å². The van der Waals surface area contributed by atoms with Gasteiger partial charge in [0.1, 0.15) is 0 Å². The Hall–Kier alpha value is -2.88. The van der Waals surface area contributed by atoms with E-state index in [2.05, 4.69) is 4.98 Å². The lowest BCUT2D eigenvalue weighted by molar-refractivity contribution is -0.141. The predicted molar refractivity (Wildman–Crippen MR) is 97.9 cm³/mol. The van der Waals surface area contributed by atoms with Crippen molar-refractivity contribution in [3.05, 3.63) is 70.4 Å². The molecule has 3 aromatic rings. The number of benzene rings is 2. The third-order valence-electron chi connectivity index (χ3n) is 4.52. The minimum atomic E-state index is -0.403. The fraction of sp³-hybridized carbons (Fsp3) is 0.238. The lowest BCUT2D eigenvalue weighted by Gasteiger charge is -2.09. The highest BCUT2D eigenvalue weighted by atomic mass is 16.5. The molecule has 0 unspecified atom stereocenters. The lowest BCUT2D eigenvalue weighted by atomic mass is 9.98. The van der Waals surface area contributed by atoms with Crippen molar-refractivity contribution >= 4 is 22.7 Å². The molecule has 0 bridgehead atoms. The molecule has 0 atom stereocenters. The molecule has 0 spiro atoms. The number of rotatable bonds is 5. The van der Waals surface area contributed by atoms with E-state index in [1.54, 1.807) is 6.20 Å². The molecule has 0 aliphatic carbocycles. The van der Waals surface area contributed by atoms with E-state index in [4.69, 9.17) is 4.74 Å². The minimum Gasteiger partial charge on any atom is -0.457 e. The van der Waals surface area contributed by atoms with Crippen LogP contribution in [0.1, 0.15) is 32.6 Å². The van der Waals surface area contributed by atoms with Gasteiger partial charge in [-0.2, -0.15) is 0 Å². The average molecular weight is 335 g/mol. The van der Waals surface area contributed by atoms with Crippen LogP contribution in [0.15, 0.2) is 42.6 Å². The molecule has 2 aromatic carbocycles. The van der Waals surface area contributed by atoms with Crippen LogP contribution in [0, 0.1) is 20.8 Å². The summed E-state index contributed by atoms with van der Waals surface area (Å²) in [6, 6.07) is 11.6. The summed E-state index contributed by atoms with van der Waals surface area (Å²) in [5.41, 5.74) is 5.57. The molecular weight excluding hydrogens is 314 g/mol. The topological polar surface area (TPSA) is 59.2 Å². The average Bonchev–Trinajstić information content (AvgIpc) is 2.99. The number of aromatic amines is 1. The Labute approximate surface area is 146 Å². The summed E-state index contributed by atoms with van der Waals surface area (Å²) >= 11 is 0. The van der Waals surface area contributed by atoms with E-state index in [-0.39, 0.29) is 18.8 Å². The Morgan fingerprint density at radius 3 is 2.52 bits per heavy atom. The Bertz CT molecular complexity index is 953. The van der Waals surface area contributed by atoms with Crippen LogP contribution in [0.4, 0.5) is 0 Å². The number of aryl methyl sites for hydroxylation is 3. The van der Waals surface area contributed by atoms with Crippen LogP contribution in [0.2, 0.25) is 0 Å². The molecule has 0 saturated heterocycles. The number of para-hydroxylation sites is 1. The summed E-state index contributed by atoms with van der Waals surface area (Å²) in [4.78, 5) is 27.6. The number of hydrogen-bond donors (Lipinski definition) is 1. The number of Topliss-reactive ketones (excluding diaryl/α,β-unsaturated/α-hetero) is 1. The maximum absolute atomic E-state index is 12.4. The first kappa shape index (κ1) is 17.0. The number of carbonyl (C=O) groups excluding carboxylic acids is 2. The number of nitrogens with one attached hydrogen (secondary N) is 1. The van der Waals surface area contributed by atoms with Crippen LogP contribution in [-0.4, -0.2) is 23.3 Å². The monoisotopic (exact) mass is 335 g/mol. The maximum atomic E-state index is 12.4. The number of fused-ring (bicyclic) bond motifs is 1. The molecular formula is C21H21NO3. The number of esters is 1. The SMILES string of the molecule is Cc1cc(C)c(C(=O)COC(=O)Cc2c[nH]c3ccccc23)cc1C. The van der Waals surface area contributed by atoms with Crippen LogP contribution in [-0.2, 0) is 16.0 Å². The highest BCUT2D eigenvalue weighted by molar-refractivity contribution is 5.99. The Kier molecular flexibility index (Phi) is 4.70. The van der Waals surface area contributed by atoms with Gasteiger partial charge in [-0.1, -0.05) is 24.3 Å². The van der Waals surface area contributed by atoms with E-state index in [1.807, 2.05) is 57.2 Å². The Balaban J connectivity index is 1.64. The van der Waals surface area contributed by atoms with Crippen LogP contribution in [0.25, 0.3) is 10.9 Å². The Morgan fingerprint density at radius 2 is 1.72 bits per heavy atom. The quantitative estimate of drug-likeness (QED) is 0.565. The standard InChI is InChI=1S/C21H21NO3/c1-13-8-15(3)18(9-14(13)2)20(23)12-25-21(24)10-16-11-22-19-7-5-4-6-17(16)19/h4-9,11,22H,10,12H2,1-3H3. The van der Waals surface area contributed by atoms with Crippen LogP contribution in [0.3, 0.4) is 0 Å². The molecule has 0 aliphatic rings. The zero-order valence-electron chi connectivity index (χ0n) is 14.7. The smallest absolute Gasteiger partial charge is 0.310 e. The van der Waals surface area contributed by atoms with Crippen molar-refractivity contribution in [1.82, 2.24) is 4.98 Å². The molecule has 4 nitrogen and oxygen atoms in total. The zero-order chi connectivity index (χ0) is 18.0. The van der Waals surface area contributed by atoms with Crippen molar-refractivity contribution in [2.24, 2.45) is 0 Å². The second-order valence-corrected chi connectivity index (χ2v) is 6.37. The van der Waals surface area contributed by atoms with Gasteiger partial charge >= 0.3 is 5.97 Å². The summed E-state index contributed by atoms with van der Waals surface area (Å²) in [5, 5.41) is 0.996. The zero-order valence-corrected chi connectivity index (χ0v) is 14.7. The van der Waals surface area contributed by atoms with Gasteiger partial charge in [-0.25, -0.2) is 0 Å². The first-order valence-electron chi connectivity index (χ1n) is 8.27. The molecule has 0 radical (unpaired) electrons. The van der Waals surface area contributed by atoms with Crippen molar-refractivity contribution in [1.29, 1.82) is 0 Å². The molecule has 1 heterocycles. The summed E-state index contributed by atoms with van der Waals surface area (Å²) in [6.45, 7) is 5.64. The Morgan fingerprint density at radius 1 is 1.00 bits per heavy atom. The molecule has 0 amide bonds. The van der Waals surface area contributed by atoms with Gasteiger partial charge < -0.3 is 9.72 Å². The fourth-order valence-corrected chi connectivity index (χ4v) is 2.97. The van der Waals surface area contributed by atoms with Crippen molar-refractivity contribution in [2.75, 3.05) is 6.61 Å². The van der Waals surface area contributed by atoms with Crippen molar-refractivity contribution < 1.29 is 14.3 Å². The number of aromatic nitrogens is 1. The summed E-state index contributed by atoms with van der Waals surface area (Å²) in [7, 11) is 0. The maximum Gasteiger partial charge on any atom is 0.310 e. The normalized spacial score (nSPS) is 10.8. The molecule has 128 valence electrons. The van der Waals surface area contributed by atoms with Gasteiger partial charge in [0, 0.05) is 22.7 Å². The van der Waals surface area contributed by atoms with Gasteiger partial charge in [-0.3, -0.25) is 9.59 Å². The molecule has 25 heavy (non-hydrogen) atoms. The van der Waals surface area contributed by atoms with Gasteiger partial charge in [-0.05, 0) is 55.2 Å². The largest absolute Gasteiger partial charge is 0.457 e. The van der Waals surface area contributed by atoms with E-state index < -0.39 is 5.97 Å².